The van der Waals surface area contributed by atoms with Crippen LogP contribution in [0.1, 0.15) is 28.8 Å². The van der Waals surface area contributed by atoms with Gasteiger partial charge in [0.05, 0.1) is 5.56 Å². The normalized spacial score (nSPS) is 17.0. The molecular formula is C19H18ClFN2O3. The summed E-state index contributed by atoms with van der Waals surface area (Å²) >= 11 is 5.65. The van der Waals surface area contributed by atoms with Gasteiger partial charge in [-0.2, -0.15) is 0 Å². The van der Waals surface area contributed by atoms with Gasteiger partial charge in [0.15, 0.2) is 16.8 Å². The topological polar surface area (TPSA) is 59.5 Å². The third-order valence-corrected chi connectivity index (χ3v) is 4.63. The monoisotopic (exact) mass is 376 g/mol. The van der Waals surface area contributed by atoms with Crippen molar-refractivity contribution in [2.45, 2.75) is 19.4 Å². The maximum atomic E-state index is 14.1. The Morgan fingerprint density at radius 3 is 2.81 bits per heavy atom. The zero-order chi connectivity index (χ0) is 18.5. The minimum absolute atomic E-state index is 0.0884. The van der Waals surface area contributed by atoms with Gasteiger partial charge in [0, 0.05) is 25.2 Å². The highest BCUT2D eigenvalue weighted by Crippen LogP contribution is 2.24. The quantitative estimate of drug-likeness (QED) is 0.595. The van der Waals surface area contributed by atoms with Crippen molar-refractivity contribution < 1.29 is 18.7 Å². The van der Waals surface area contributed by atoms with Crippen LogP contribution >= 0.6 is 11.6 Å². The summed E-state index contributed by atoms with van der Waals surface area (Å²) in [5.74, 6) is -1.67. The molecule has 1 aromatic heterocycles. The predicted molar refractivity (Wildman–Crippen MR) is 94.5 cm³/mol. The van der Waals surface area contributed by atoms with Crippen LogP contribution in [0.15, 0.2) is 42.6 Å². The van der Waals surface area contributed by atoms with Crippen molar-refractivity contribution in [2.24, 2.45) is 5.92 Å². The summed E-state index contributed by atoms with van der Waals surface area (Å²) in [5, 5.41) is -0.328. The van der Waals surface area contributed by atoms with Crippen LogP contribution in [-0.4, -0.2) is 34.8 Å². The molecule has 0 bridgehead atoms. The summed E-state index contributed by atoms with van der Waals surface area (Å²) in [5.41, 5.74) is 0.800. The first-order chi connectivity index (χ1) is 12.6. The second-order valence-electron chi connectivity index (χ2n) is 6.15. The van der Waals surface area contributed by atoms with Crippen LogP contribution in [0.2, 0.25) is 5.15 Å². The van der Waals surface area contributed by atoms with Crippen molar-refractivity contribution in [1.29, 1.82) is 0 Å². The lowest BCUT2D eigenvalue weighted by molar-refractivity contribution is 0.0685. The first kappa shape index (κ1) is 18.3. The lowest BCUT2D eigenvalue weighted by Crippen LogP contribution is -2.42. The molecule has 0 saturated carbocycles. The van der Waals surface area contributed by atoms with Gasteiger partial charge < -0.3 is 9.64 Å². The van der Waals surface area contributed by atoms with E-state index < -0.39 is 17.8 Å². The Bertz CT molecular complexity index is 801. The molecule has 0 spiro atoms. The molecular weight excluding hydrogens is 359 g/mol. The molecule has 1 aromatic carbocycles. The fraction of sp³-hybridized carbons (Fsp3) is 0.316. The van der Waals surface area contributed by atoms with Gasteiger partial charge in [0.1, 0.15) is 6.61 Å². The number of amides is 1. The Hall–Kier alpha value is -2.47. The number of nitrogens with zero attached hydrogens (tertiary/aromatic N) is 2. The number of pyridine rings is 1. The van der Waals surface area contributed by atoms with E-state index in [9.17, 15) is 14.0 Å². The summed E-state index contributed by atoms with van der Waals surface area (Å²) in [6.07, 6.45) is 2.06. The van der Waals surface area contributed by atoms with E-state index in [0.717, 1.165) is 5.56 Å². The average molecular weight is 377 g/mol. The fourth-order valence-corrected chi connectivity index (χ4v) is 3.15. The molecule has 1 atom stereocenters. The number of ketones is 1. The molecule has 0 radical (unpaired) electrons. The van der Waals surface area contributed by atoms with Crippen molar-refractivity contribution in [1.82, 2.24) is 9.88 Å². The molecule has 0 N–H and O–H groups in total. The van der Waals surface area contributed by atoms with Crippen molar-refractivity contribution >= 4 is 23.5 Å². The molecule has 136 valence electrons. The van der Waals surface area contributed by atoms with Gasteiger partial charge in [0.2, 0.25) is 0 Å². The van der Waals surface area contributed by atoms with Crippen LogP contribution in [0.3, 0.4) is 0 Å². The Kier molecular flexibility index (Phi) is 5.83. The van der Waals surface area contributed by atoms with Gasteiger partial charge in [-0.05, 0) is 24.5 Å². The number of piperidine rings is 1. The highest BCUT2D eigenvalue weighted by Gasteiger charge is 2.31. The number of hydrogen-bond acceptors (Lipinski definition) is 4. The maximum Gasteiger partial charge on any atom is 0.410 e. The van der Waals surface area contributed by atoms with Gasteiger partial charge in [0.25, 0.3) is 0 Å². The molecule has 3 rings (SSSR count). The van der Waals surface area contributed by atoms with Crippen LogP contribution in [0.25, 0.3) is 0 Å². The predicted octanol–water partition coefficient (Wildman–Crippen LogP) is 4.11. The SMILES string of the molecule is O=C(c1ccnc(Cl)c1F)[C@@H]1CCCN(C(=O)OCc2ccccc2)C1. The highest BCUT2D eigenvalue weighted by molar-refractivity contribution is 6.30. The largest absolute Gasteiger partial charge is 0.445 e. The number of likely N-dealkylation sites (tertiary alicyclic amines) is 1. The minimum Gasteiger partial charge on any atom is -0.445 e. The van der Waals surface area contributed by atoms with Crippen LogP contribution < -0.4 is 0 Å². The molecule has 7 heteroatoms. The molecule has 1 amide bonds. The molecule has 26 heavy (non-hydrogen) atoms. The molecule has 1 aliphatic rings. The second-order valence-corrected chi connectivity index (χ2v) is 6.51. The Balaban J connectivity index is 1.62. The van der Waals surface area contributed by atoms with Crippen molar-refractivity contribution in [3.05, 3.63) is 64.7 Å². The van der Waals surface area contributed by atoms with E-state index in [4.69, 9.17) is 16.3 Å². The first-order valence-electron chi connectivity index (χ1n) is 8.36. The standard InChI is InChI=1S/C19H18ClFN2O3/c20-18-16(21)15(8-9-22-18)17(24)14-7-4-10-23(11-14)19(25)26-12-13-5-2-1-3-6-13/h1-3,5-6,8-9,14H,4,7,10-12H2/t14-/m1/s1. The second kappa shape index (κ2) is 8.27. The van der Waals surface area contributed by atoms with E-state index in [2.05, 4.69) is 4.98 Å². The maximum absolute atomic E-state index is 14.1. The molecule has 0 unspecified atom stereocenters. The number of aromatic nitrogens is 1. The third kappa shape index (κ3) is 4.19. The minimum atomic E-state index is -0.817. The molecule has 2 aromatic rings. The molecule has 1 aliphatic heterocycles. The zero-order valence-corrected chi connectivity index (χ0v) is 14.8. The van der Waals surface area contributed by atoms with Gasteiger partial charge in [-0.15, -0.1) is 0 Å². The smallest absolute Gasteiger partial charge is 0.410 e. The van der Waals surface area contributed by atoms with Crippen LogP contribution in [0.4, 0.5) is 9.18 Å². The van der Waals surface area contributed by atoms with Gasteiger partial charge >= 0.3 is 6.09 Å². The lowest BCUT2D eigenvalue weighted by atomic mass is 9.90. The van der Waals surface area contributed by atoms with Gasteiger partial charge in [-0.25, -0.2) is 14.2 Å². The Morgan fingerprint density at radius 2 is 2.04 bits per heavy atom. The number of halogens is 2. The number of carbonyl (C=O) groups excluding carboxylic acids is 2. The lowest BCUT2D eigenvalue weighted by Gasteiger charge is -2.31. The van der Waals surface area contributed by atoms with Gasteiger partial charge in [-0.3, -0.25) is 4.79 Å². The number of rotatable bonds is 4. The van der Waals surface area contributed by atoms with E-state index in [1.165, 1.54) is 17.2 Å². The van der Waals surface area contributed by atoms with Crippen LogP contribution in [-0.2, 0) is 11.3 Å². The Morgan fingerprint density at radius 1 is 1.27 bits per heavy atom. The molecule has 2 heterocycles. The van der Waals surface area contributed by atoms with Crippen LogP contribution in [0.5, 0.6) is 0 Å². The summed E-state index contributed by atoms with van der Waals surface area (Å²) in [4.78, 5) is 30.0. The number of hydrogen-bond donors (Lipinski definition) is 0. The van der Waals surface area contributed by atoms with Crippen molar-refractivity contribution in [3.8, 4) is 0 Å². The molecule has 0 aliphatic carbocycles. The fourth-order valence-electron chi connectivity index (χ4n) is 3.00. The number of ether oxygens (including phenoxy) is 1. The molecule has 1 saturated heterocycles. The van der Waals surface area contributed by atoms with Crippen LogP contribution in [0, 0.1) is 11.7 Å². The number of carbonyl (C=O) groups is 2. The van der Waals surface area contributed by atoms with Crippen molar-refractivity contribution in [2.75, 3.05) is 13.1 Å². The third-order valence-electron chi connectivity index (χ3n) is 4.37. The van der Waals surface area contributed by atoms with E-state index >= 15 is 0 Å². The van der Waals surface area contributed by atoms with E-state index in [1.807, 2.05) is 30.3 Å². The van der Waals surface area contributed by atoms with E-state index in [1.54, 1.807) is 0 Å². The van der Waals surface area contributed by atoms with Crippen molar-refractivity contribution in [3.63, 3.8) is 0 Å². The van der Waals surface area contributed by atoms with E-state index in [0.29, 0.717) is 19.4 Å². The van der Waals surface area contributed by atoms with E-state index in [-0.39, 0.29) is 29.7 Å². The zero-order valence-electron chi connectivity index (χ0n) is 14.0. The summed E-state index contributed by atoms with van der Waals surface area (Å²) in [6.45, 7) is 0.881. The number of benzene rings is 1. The highest BCUT2D eigenvalue weighted by atomic mass is 35.5. The first-order valence-corrected chi connectivity index (χ1v) is 8.74. The summed E-state index contributed by atoms with van der Waals surface area (Å²) < 4.78 is 19.4. The molecule has 5 nitrogen and oxygen atoms in total. The summed E-state index contributed by atoms with van der Waals surface area (Å²) in [7, 11) is 0. The Labute approximate surface area is 155 Å². The number of Topliss-reactive ketones (excluding diaryl/α,β-unsaturated/α-hetero) is 1. The average Bonchev–Trinajstić information content (AvgIpc) is 2.68. The summed E-state index contributed by atoms with van der Waals surface area (Å²) in [6, 6.07) is 10.7. The molecule has 1 fully saturated rings. The van der Waals surface area contributed by atoms with Gasteiger partial charge in [-0.1, -0.05) is 41.9 Å².